The Morgan fingerprint density at radius 1 is 1.00 bits per heavy atom. The lowest BCUT2D eigenvalue weighted by Gasteiger charge is -2.22. The van der Waals surface area contributed by atoms with Crippen molar-refractivity contribution in [2.45, 2.75) is 38.6 Å². The maximum atomic E-state index is 14.6. The molecule has 0 aromatic heterocycles. The smallest absolute Gasteiger partial charge is 0.131 e. The van der Waals surface area contributed by atoms with E-state index in [2.05, 4.69) is 28.4 Å². The molecule has 0 radical (unpaired) electrons. The molecule has 4 heteroatoms. The molecule has 2 aromatic rings. The van der Waals surface area contributed by atoms with E-state index >= 15 is 0 Å². The summed E-state index contributed by atoms with van der Waals surface area (Å²) in [5.41, 5.74) is 4.11. The van der Waals surface area contributed by atoms with Gasteiger partial charge in [-0.2, -0.15) is 0 Å². The summed E-state index contributed by atoms with van der Waals surface area (Å²) >= 11 is 0. The standard InChI is InChI=1S/C25H33FN2O/c26-25-7-6-22(19-27-18-21-9-14-29-15-10-21)17-24(25)23-5-3-4-20(16-23)8-13-28-11-1-2-12-28/h3-7,16-17,21,27H,1-2,8-15,18-19H2. The maximum Gasteiger partial charge on any atom is 0.131 e. The second-order valence-electron chi connectivity index (χ2n) is 8.50. The maximum absolute atomic E-state index is 14.6. The lowest BCUT2D eigenvalue weighted by Crippen LogP contribution is -2.27. The normalized spacial score (nSPS) is 18.4. The second kappa shape index (κ2) is 10.3. The summed E-state index contributed by atoms with van der Waals surface area (Å²) in [6, 6.07) is 13.9. The first-order valence-corrected chi connectivity index (χ1v) is 11.2. The summed E-state index contributed by atoms with van der Waals surface area (Å²) in [4.78, 5) is 2.53. The second-order valence-corrected chi connectivity index (χ2v) is 8.50. The van der Waals surface area contributed by atoms with Crippen molar-refractivity contribution in [2.75, 3.05) is 39.4 Å². The van der Waals surface area contributed by atoms with Crippen LogP contribution in [0.25, 0.3) is 11.1 Å². The van der Waals surface area contributed by atoms with Crippen LogP contribution in [0.4, 0.5) is 4.39 Å². The minimum absolute atomic E-state index is 0.144. The van der Waals surface area contributed by atoms with Crippen molar-refractivity contribution in [3.63, 3.8) is 0 Å². The van der Waals surface area contributed by atoms with Crippen molar-refractivity contribution in [1.29, 1.82) is 0 Å². The number of benzene rings is 2. The summed E-state index contributed by atoms with van der Waals surface area (Å²) in [7, 11) is 0. The molecule has 0 bridgehead atoms. The van der Waals surface area contributed by atoms with Crippen LogP contribution in [0, 0.1) is 11.7 Å². The molecule has 2 heterocycles. The highest BCUT2D eigenvalue weighted by Crippen LogP contribution is 2.25. The van der Waals surface area contributed by atoms with Gasteiger partial charge in [0.25, 0.3) is 0 Å². The van der Waals surface area contributed by atoms with Crippen molar-refractivity contribution in [3.05, 3.63) is 59.4 Å². The average molecular weight is 397 g/mol. The molecule has 156 valence electrons. The van der Waals surface area contributed by atoms with Gasteiger partial charge in [0.15, 0.2) is 0 Å². The van der Waals surface area contributed by atoms with Crippen molar-refractivity contribution < 1.29 is 9.13 Å². The molecule has 4 rings (SSSR count). The molecule has 29 heavy (non-hydrogen) atoms. The number of nitrogens with one attached hydrogen (secondary N) is 1. The van der Waals surface area contributed by atoms with Gasteiger partial charge >= 0.3 is 0 Å². The molecular weight excluding hydrogens is 363 g/mol. The highest BCUT2D eigenvalue weighted by Gasteiger charge is 2.14. The molecule has 0 saturated carbocycles. The quantitative estimate of drug-likeness (QED) is 0.703. The van der Waals surface area contributed by atoms with Gasteiger partial charge in [0.2, 0.25) is 0 Å². The Bertz CT molecular complexity index is 782. The third-order valence-electron chi connectivity index (χ3n) is 6.29. The van der Waals surface area contributed by atoms with E-state index in [9.17, 15) is 4.39 Å². The largest absolute Gasteiger partial charge is 0.381 e. The minimum atomic E-state index is -0.144. The van der Waals surface area contributed by atoms with E-state index in [0.29, 0.717) is 11.5 Å². The van der Waals surface area contributed by atoms with Crippen LogP contribution >= 0.6 is 0 Å². The molecule has 0 unspecified atom stereocenters. The molecule has 2 aliphatic rings. The van der Waals surface area contributed by atoms with Crippen LogP contribution in [-0.4, -0.2) is 44.3 Å². The molecule has 2 aliphatic heterocycles. The molecule has 0 atom stereocenters. The SMILES string of the molecule is Fc1ccc(CNCC2CCOCC2)cc1-c1cccc(CCN2CCCC2)c1. The fraction of sp³-hybridized carbons (Fsp3) is 0.520. The number of halogens is 1. The van der Waals surface area contributed by atoms with E-state index in [4.69, 9.17) is 4.74 Å². The zero-order valence-corrected chi connectivity index (χ0v) is 17.3. The lowest BCUT2D eigenvalue weighted by atomic mass is 9.98. The summed E-state index contributed by atoms with van der Waals surface area (Å²) < 4.78 is 20.0. The van der Waals surface area contributed by atoms with Crippen LogP contribution < -0.4 is 5.32 Å². The molecule has 1 N–H and O–H groups in total. The van der Waals surface area contributed by atoms with Crippen molar-refractivity contribution in [2.24, 2.45) is 5.92 Å². The number of hydrogen-bond acceptors (Lipinski definition) is 3. The van der Waals surface area contributed by atoms with Crippen LogP contribution in [0.1, 0.15) is 36.8 Å². The summed E-state index contributed by atoms with van der Waals surface area (Å²) in [5.74, 6) is 0.547. The van der Waals surface area contributed by atoms with Crippen molar-refractivity contribution in [1.82, 2.24) is 10.2 Å². The zero-order valence-electron chi connectivity index (χ0n) is 17.3. The van der Waals surface area contributed by atoms with Gasteiger partial charge < -0.3 is 15.0 Å². The van der Waals surface area contributed by atoms with Crippen LogP contribution in [0.15, 0.2) is 42.5 Å². The van der Waals surface area contributed by atoms with Crippen molar-refractivity contribution in [3.8, 4) is 11.1 Å². The minimum Gasteiger partial charge on any atom is -0.381 e. The Hall–Kier alpha value is -1.75. The van der Waals surface area contributed by atoms with E-state index < -0.39 is 0 Å². The lowest BCUT2D eigenvalue weighted by molar-refractivity contribution is 0.0662. The van der Waals surface area contributed by atoms with Crippen LogP contribution in [0.3, 0.4) is 0 Å². The average Bonchev–Trinajstić information content (AvgIpc) is 3.28. The van der Waals surface area contributed by atoms with E-state index in [1.54, 1.807) is 6.07 Å². The summed E-state index contributed by atoms with van der Waals surface area (Å²) in [5, 5.41) is 3.55. The fourth-order valence-corrected chi connectivity index (χ4v) is 4.46. The van der Waals surface area contributed by atoms with Gasteiger partial charge in [-0.15, -0.1) is 0 Å². The van der Waals surface area contributed by atoms with Gasteiger partial charge in [0.1, 0.15) is 5.82 Å². The van der Waals surface area contributed by atoms with E-state index in [1.165, 1.54) is 31.5 Å². The van der Waals surface area contributed by atoms with Crippen LogP contribution in [-0.2, 0) is 17.7 Å². The Morgan fingerprint density at radius 2 is 1.83 bits per heavy atom. The summed E-state index contributed by atoms with van der Waals surface area (Å²) in [6.07, 6.45) is 5.93. The summed E-state index contributed by atoms with van der Waals surface area (Å²) in [6.45, 7) is 7.07. The highest BCUT2D eigenvalue weighted by atomic mass is 19.1. The van der Waals surface area contributed by atoms with E-state index in [1.807, 2.05) is 18.2 Å². The Morgan fingerprint density at radius 3 is 2.66 bits per heavy atom. The Balaban J connectivity index is 1.38. The number of rotatable bonds is 8. The van der Waals surface area contributed by atoms with Gasteiger partial charge in [-0.1, -0.05) is 30.3 Å². The van der Waals surface area contributed by atoms with E-state index in [0.717, 1.165) is 63.2 Å². The van der Waals surface area contributed by atoms with Crippen LogP contribution in [0.2, 0.25) is 0 Å². The van der Waals surface area contributed by atoms with Gasteiger partial charge in [0, 0.05) is 31.9 Å². The molecule has 2 saturated heterocycles. The molecule has 2 fully saturated rings. The van der Waals surface area contributed by atoms with Crippen molar-refractivity contribution >= 4 is 0 Å². The molecule has 2 aromatic carbocycles. The first-order chi connectivity index (χ1) is 14.3. The van der Waals surface area contributed by atoms with Gasteiger partial charge in [0.05, 0.1) is 0 Å². The fourth-order valence-electron chi connectivity index (χ4n) is 4.46. The molecule has 3 nitrogen and oxygen atoms in total. The van der Waals surface area contributed by atoms with E-state index in [-0.39, 0.29) is 5.82 Å². The number of nitrogens with zero attached hydrogens (tertiary/aromatic N) is 1. The zero-order chi connectivity index (χ0) is 19.9. The number of ether oxygens (including phenoxy) is 1. The molecular formula is C25H33FN2O. The topological polar surface area (TPSA) is 24.5 Å². The van der Waals surface area contributed by atoms with Gasteiger partial charge in [-0.25, -0.2) is 4.39 Å². The first-order valence-electron chi connectivity index (χ1n) is 11.2. The molecule has 0 amide bonds. The number of likely N-dealkylation sites (tertiary alicyclic amines) is 1. The monoisotopic (exact) mass is 396 g/mol. The van der Waals surface area contributed by atoms with Gasteiger partial charge in [-0.3, -0.25) is 0 Å². The van der Waals surface area contributed by atoms with Crippen LogP contribution in [0.5, 0.6) is 0 Å². The highest BCUT2D eigenvalue weighted by molar-refractivity contribution is 5.65. The Kier molecular flexibility index (Phi) is 7.31. The molecule has 0 aliphatic carbocycles. The predicted octanol–water partition coefficient (Wildman–Crippen LogP) is 4.65. The third-order valence-corrected chi connectivity index (χ3v) is 6.29. The third kappa shape index (κ3) is 5.88. The predicted molar refractivity (Wildman–Crippen MR) is 116 cm³/mol. The Labute approximate surface area is 174 Å². The van der Waals surface area contributed by atoms with Gasteiger partial charge in [-0.05, 0) is 86.5 Å². The first kappa shape index (κ1) is 20.5. The molecule has 0 spiro atoms. The number of hydrogen-bond donors (Lipinski definition) is 1.